The molecule has 0 aliphatic heterocycles. The van der Waals surface area contributed by atoms with Crippen LogP contribution < -0.4 is 11.1 Å². The number of carbonyl (C=O) groups is 1. The van der Waals surface area contributed by atoms with Crippen molar-refractivity contribution in [2.24, 2.45) is 5.73 Å². The van der Waals surface area contributed by atoms with Gasteiger partial charge in [-0.1, -0.05) is 30.0 Å². The highest BCUT2D eigenvalue weighted by molar-refractivity contribution is 7.99. The number of hydrogen-bond donors (Lipinski definition) is 2. The van der Waals surface area contributed by atoms with E-state index in [1.54, 1.807) is 18.2 Å². The summed E-state index contributed by atoms with van der Waals surface area (Å²) < 4.78 is 37.7. The van der Waals surface area contributed by atoms with E-state index in [1.165, 1.54) is 30.3 Å². The van der Waals surface area contributed by atoms with E-state index in [0.29, 0.717) is 27.9 Å². The number of alkyl halides is 2. The van der Waals surface area contributed by atoms with Gasteiger partial charge in [0, 0.05) is 10.6 Å². The Labute approximate surface area is 129 Å². The Morgan fingerprint density at radius 1 is 1.14 bits per heavy atom. The third-order valence-electron chi connectivity index (χ3n) is 2.86. The lowest BCUT2D eigenvalue weighted by Crippen LogP contribution is -2.27. The van der Waals surface area contributed by atoms with Crippen LogP contribution in [0, 0.1) is 5.82 Å². The van der Waals surface area contributed by atoms with Crippen LogP contribution in [-0.4, -0.2) is 11.7 Å². The van der Waals surface area contributed by atoms with Gasteiger partial charge in [0.2, 0.25) is 5.91 Å². The van der Waals surface area contributed by atoms with E-state index in [2.05, 4.69) is 5.32 Å². The van der Waals surface area contributed by atoms with Crippen molar-refractivity contribution < 1.29 is 18.0 Å². The van der Waals surface area contributed by atoms with Gasteiger partial charge in [0.1, 0.15) is 11.9 Å². The van der Waals surface area contributed by atoms with Crippen molar-refractivity contribution in [2.45, 2.75) is 16.7 Å². The average Bonchev–Trinajstić information content (AvgIpc) is 2.45. The summed E-state index contributed by atoms with van der Waals surface area (Å²) in [4.78, 5) is 12.0. The van der Waals surface area contributed by atoms with Crippen molar-refractivity contribution in [3.05, 3.63) is 59.9 Å². The number of nitrogens with two attached hydrogens (primary N) is 1. The van der Waals surface area contributed by atoms with Crippen LogP contribution in [-0.2, 0) is 4.79 Å². The second-order valence-corrected chi connectivity index (χ2v) is 5.50. The Balaban J connectivity index is 2.21. The number of amides is 1. The standard InChI is InChI=1S/C15H13F3N2OS/c16-10-6-4-9(5-7-10)13(14(19)21)20-11-2-1-3-12(8-11)22-15(17)18/h1-8,13,15,20H,(H2,19,21)/t13-/m1/s1. The van der Waals surface area contributed by atoms with Crippen LogP contribution in [0.25, 0.3) is 0 Å². The molecule has 0 aromatic heterocycles. The molecule has 0 bridgehead atoms. The van der Waals surface area contributed by atoms with Crippen molar-refractivity contribution in [2.75, 3.05) is 5.32 Å². The zero-order valence-corrected chi connectivity index (χ0v) is 12.1. The van der Waals surface area contributed by atoms with Crippen LogP contribution in [0.2, 0.25) is 0 Å². The lowest BCUT2D eigenvalue weighted by atomic mass is 10.1. The number of nitrogens with one attached hydrogen (secondary N) is 1. The second kappa shape index (κ2) is 7.22. The number of halogens is 3. The molecule has 2 aromatic rings. The summed E-state index contributed by atoms with van der Waals surface area (Å²) >= 11 is 0.407. The summed E-state index contributed by atoms with van der Waals surface area (Å²) in [5.41, 5.74) is 6.31. The maximum atomic E-state index is 12.9. The molecule has 3 nitrogen and oxygen atoms in total. The SMILES string of the molecule is NC(=O)[C@H](Nc1cccc(SC(F)F)c1)c1ccc(F)cc1. The fraction of sp³-hybridized carbons (Fsp3) is 0.133. The summed E-state index contributed by atoms with van der Waals surface area (Å²) in [5, 5.41) is 2.87. The predicted octanol–water partition coefficient (Wildman–Crippen LogP) is 3.78. The highest BCUT2D eigenvalue weighted by atomic mass is 32.2. The van der Waals surface area contributed by atoms with Crippen molar-refractivity contribution in [3.63, 3.8) is 0 Å². The van der Waals surface area contributed by atoms with Gasteiger partial charge in [-0.05, 0) is 35.9 Å². The molecule has 0 unspecified atom stereocenters. The summed E-state index contributed by atoms with van der Waals surface area (Å²) in [7, 11) is 0. The highest BCUT2D eigenvalue weighted by Gasteiger charge is 2.18. The van der Waals surface area contributed by atoms with Gasteiger partial charge >= 0.3 is 0 Å². The number of thioether (sulfide) groups is 1. The van der Waals surface area contributed by atoms with Gasteiger partial charge in [-0.2, -0.15) is 8.78 Å². The molecule has 0 aliphatic rings. The molecular formula is C15H13F3N2OS. The molecular weight excluding hydrogens is 313 g/mol. The zero-order chi connectivity index (χ0) is 16.1. The smallest absolute Gasteiger partial charge is 0.288 e. The molecule has 1 atom stereocenters. The first kappa shape index (κ1) is 16.2. The van der Waals surface area contributed by atoms with Gasteiger partial charge in [-0.25, -0.2) is 4.39 Å². The van der Waals surface area contributed by atoms with Crippen molar-refractivity contribution >= 4 is 23.4 Å². The topological polar surface area (TPSA) is 55.1 Å². The fourth-order valence-electron chi connectivity index (χ4n) is 1.90. The third kappa shape index (κ3) is 4.42. The van der Waals surface area contributed by atoms with Gasteiger partial charge in [0.05, 0.1) is 0 Å². The van der Waals surface area contributed by atoms with Crippen LogP contribution in [0.4, 0.5) is 18.9 Å². The van der Waals surface area contributed by atoms with Crippen LogP contribution >= 0.6 is 11.8 Å². The molecule has 0 saturated carbocycles. The third-order valence-corrected chi connectivity index (χ3v) is 3.56. The number of carbonyl (C=O) groups excluding carboxylic acids is 1. The molecule has 0 radical (unpaired) electrons. The Morgan fingerprint density at radius 2 is 1.82 bits per heavy atom. The number of primary amides is 1. The van der Waals surface area contributed by atoms with Gasteiger partial charge < -0.3 is 11.1 Å². The minimum Gasteiger partial charge on any atom is -0.370 e. The minimum atomic E-state index is -2.53. The first-order valence-electron chi connectivity index (χ1n) is 6.32. The Hall–Kier alpha value is -2.15. The van der Waals surface area contributed by atoms with E-state index in [4.69, 9.17) is 5.73 Å². The first-order valence-corrected chi connectivity index (χ1v) is 7.20. The molecule has 7 heteroatoms. The number of rotatable bonds is 6. The van der Waals surface area contributed by atoms with Crippen LogP contribution in [0.3, 0.4) is 0 Å². The van der Waals surface area contributed by atoms with Crippen LogP contribution in [0.5, 0.6) is 0 Å². The molecule has 116 valence electrons. The van der Waals surface area contributed by atoms with Crippen molar-refractivity contribution in [1.29, 1.82) is 0 Å². The molecule has 0 spiro atoms. The molecule has 0 fully saturated rings. The van der Waals surface area contributed by atoms with Crippen molar-refractivity contribution in [3.8, 4) is 0 Å². The normalized spacial score (nSPS) is 12.2. The fourth-order valence-corrected chi connectivity index (χ4v) is 2.46. The molecule has 0 aliphatic carbocycles. The Morgan fingerprint density at radius 3 is 2.41 bits per heavy atom. The Bertz CT molecular complexity index is 649. The molecule has 3 N–H and O–H groups in total. The summed E-state index contributed by atoms with van der Waals surface area (Å²) in [6.45, 7) is 0. The summed E-state index contributed by atoms with van der Waals surface area (Å²) in [6, 6.07) is 10.7. The zero-order valence-electron chi connectivity index (χ0n) is 11.3. The van der Waals surface area contributed by atoms with Crippen LogP contribution in [0.1, 0.15) is 11.6 Å². The predicted molar refractivity (Wildman–Crippen MR) is 80.3 cm³/mol. The maximum absolute atomic E-state index is 12.9. The lowest BCUT2D eigenvalue weighted by Gasteiger charge is -2.17. The number of hydrogen-bond acceptors (Lipinski definition) is 3. The van der Waals surface area contributed by atoms with E-state index in [1.807, 2.05) is 0 Å². The second-order valence-electron chi connectivity index (χ2n) is 4.44. The maximum Gasteiger partial charge on any atom is 0.288 e. The first-order chi connectivity index (χ1) is 10.5. The number of anilines is 1. The lowest BCUT2D eigenvalue weighted by molar-refractivity contribution is -0.118. The molecule has 2 aromatic carbocycles. The molecule has 2 rings (SSSR count). The molecule has 1 amide bonds. The van der Waals surface area contributed by atoms with E-state index in [0.717, 1.165) is 0 Å². The summed E-state index contributed by atoms with van der Waals surface area (Å²) in [6.07, 6.45) is 0. The Kier molecular flexibility index (Phi) is 5.32. The van der Waals surface area contributed by atoms with Gasteiger partial charge in [-0.3, -0.25) is 4.79 Å². The number of benzene rings is 2. The van der Waals surface area contributed by atoms with Gasteiger partial charge in [0.25, 0.3) is 5.76 Å². The van der Waals surface area contributed by atoms with E-state index in [9.17, 15) is 18.0 Å². The average molecular weight is 326 g/mol. The van der Waals surface area contributed by atoms with Gasteiger partial charge in [0.15, 0.2) is 0 Å². The molecule has 0 saturated heterocycles. The molecule has 22 heavy (non-hydrogen) atoms. The van der Waals surface area contributed by atoms with Crippen molar-refractivity contribution in [1.82, 2.24) is 0 Å². The highest BCUT2D eigenvalue weighted by Crippen LogP contribution is 2.28. The van der Waals surface area contributed by atoms with E-state index < -0.39 is 23.5 Å². The minimum absolute atomic E-state index is 0.363. The van der Waals surface area contributed by atoms with Crippen LogP contribution in [0.15, 0.2) is 53.4 Å². The monoisotopic (exact) mass is 326 g/mol. The molecule has 0 heterocycles. The quantitative estimate of drug-likeness (QED) is 0.794. The van der Waals surface area contributed by atoms with E-state index in [-0.39, 0.29) is 0 Å². The van der Waals surface area contributed by atoms with Gasteiger partial charge in [-0.15, -0.1) is 0 Å². The largest absolute Gasteiger partial charge is 0.370 e. The summed E-state index contributed by atoms with van der Waals surface area (Å²) in [5.74, 6) is -3.61. The van der Waals surface area contributed by atoms with E-state index >= 15 is 0 Å².